The maximum absolute atomic E-state index is 13.1. The first-order chi connectivity index (χ1) is 16.4. The van der Waals surface area contributed by atoms with Crippen molar-refractivity contribution in [3.05, 3.63) is 100 Å². The first-order valence-electron chi connectivity index (χ1n) is 10.1. The maximum Gasteiger partial charge on any atom is 0.248 e. The quantitative estimate of drug-likeness (QED) is 0.253. The summed E-state index contributed by atoms with van der Waals surface area (Å²) in [6, 6.07) is 19.6. The SMILES string of the molecule is O=C(/C=C/c1ccc(-c2cc(Cl)cc(Cl)c2)o1)Nc1ccc2oc(-c3ccc(F)cc3)nc2c1. The van der Waals surface area contributed by atoms with Crippen LogP contribution in [0.2, 0.25) is 10.0 Å². The van der Waals surface area contributed by atoms with Crippen molar-refractivity contribution < 1.29 is 18.0 Å². The summed E-state index contributed by atoms with van der Waals surface area (Å²) in [5.41, 5.74) is 3.07. The Kier molecular flexibility index (Phi) is 5.92. The third kappa shape index (κ3) is 4.88. The number of anilines is 1. The minimum atomic E-state index is -0.342. The van der Waals surface area contributed by atoms with Gasteiger partial charge in [-0.15, -0.1) is 0 Å². The molecule has 5 nitrogen and oxygen atoms in total. The molecule has 0 aliphatic carbocycles. The van der Waals surface area contributed by atoms with Crippen LogP contribution >= 0.6 is 23.2 Å². The van der Waals surface area contributed by atoms with Crippen LogP contribution in [-0.2, 0) is 4.79 Å². The Morgan fingerprint density at radius 1 is 0.882 bits per heavy atom. The number of carbonyl (C=O) groups is 1. The number of nitrogens with zero attached hydrogens (tertiary/aromatic N) is 1. The number of halogens is 3. The summed E-state index contributed by atoms with van der Waals surface area (Å²) in [7, 11) is 0. The number of carbonyl (C=O) groups excluding carboxylic acids is 1. The van der Waals surface area contributed by atoms with Gasteiger partial charge in [0.2, 0.25) is 11.8 Å². The topological polar surface area (TPSA) is 68.3 Å². The molecule has 0 spiro atoms. The van der Waals surface area contributed by atoms with Gasteiger partial charge in [-0.25, -0.2) is 9.37 Å². The Balaban J connectivity index is 1.28. The average molecular weight is 493 g/mol. The Labute approximate surface area is 203 Å². The molecule has 0 saturated carbocycles. The van der Waals surface area contributed by atoms with Crippen LogP contribution in [-0.4, -0.2) is 10.9 Å². The molecule has 8 heteroatoms. The number of aromatic nitrogens is 1. The van der Waals surface area contributed by atoms with Crippen molar-refractivity contribution in [2.75, 3.05) is 5.32 Å². The fraction of sp³-hybridized carbons (Fsp3) is 0. The highest BCUT2D eigenvalue weighted by molar-refractivity contribution is 6.35. The largest absolute Gasteiger partial charge is 0.457 e. The number of oxazole rings is 1. The Bertz CT molecular complexity index is 1520. The van der Waals surface area contributed by atoms with E-state index in [2.05, 4.69) is 10.3 Å². The lowest BCUT2D eigenvalue weighted by Crippen LogP contribution is -2.07. The van der Waals surface area contributed by atoms with Crippen LogP contribution in [0.5, 0.6) is 0 Å². The van der Waals surface area contributed by atoms with Gasteiger partial charge in [0.25, 0.3) is 0 Å². The Morgan fingerprint density at radius 3 is 2.41 bits per heavy atom. The highest BCUT2D eigenvalue weighted by Gasteiger charge is 2.10. The van der Waals surface area contributed by atoms with Crippen molar-refractivity contribution in [1.29, 1.82) is 0 Å². The van der Waals surface area contributed by atoms with Gasteiger partial charge >= 0.3 is 0 Å². The average Bonchev–Trinajstić information content (AvgIpc) is 3.44. The number of hydrogen-bond donors (Lipinski definition) is 1. The zero-order chi connectivity index (χ0) is 23.7. The van der Waals surface area contributed by atoms with Gasteiger partial charge in [-0.1, -0.05) is 23.2 Å². The normalized spacial score (nSPS) is 11.4. The van der Waals surface area contributed by atoms with E-state index in [1.165, 1.54) is 18.2 Å². The molecule has 5 aromatic rings. The summed E-state index contributed by atoms with van der Waals surface area (Å²) in [4.78, 5) is 16.8. The zero-order valence-electron chi connectivity index (χ0n) is 17.4. The molecule has 34 heavy (non-hydrogen) atoms. The first kappa shape index (κ1) is 21.9. The molecule has 2 heterocycles. The van der Waals surface area contributed by atoms with Gasteiger partial charge in [-0.05, 0) is 78.9 Å². The van der Waals surface area contributed by atoms with E-state index in [1.807, 2.05) is 0 Å². The van der Waals surface area contributed by atoms with Gasteiger partial charge in [0.05, 0.1) is 0 Å². The van der Waals surface area contributed by atoms with Crippen LogP contribution < -0.4 is 5.32 Å². The van der Waals surface area contributed by atoms with Crippen LogP contribution in [0.15, 0.2) is 87.7 Å². The van der Waals surface area contributed by atoms with Crippen LogP contribution in [0.3, 0.4) is 0 Å². The molecule has 0 aliphatic rings. The molecule has 1 amide bonds. The van der Waals surface area contributed by atoms with Gasteiger partial charge in [0.15, 0.2) is 5.58 Å². The van der Waals surface area contributed by atoms with Gasteiger partial charge < -0.3 is 14.2 Å². The lowest BCUT2D eigenvalue weighted by atomic mass is 10.2. The van der Waals surface area contributed by atoms with E-state index in [9.17, 15) is 9.18 Å². The van der Waals surface area contributed by atoms with E-state index in [0.717, 1.165) is 5.56 Å². The van der Waals surface area contributed by atoms with Gasteiger partial charge in [-0.3, -0.25) is 4.79 Å². The van der Waals surface area contributed by atoms with Crippen LogP contribution in [0, 0.1) is 5.82 Å². The molecule has 0 unspecified atom stereocenters. The van der Waals surface area contributed by atoms with Crippen molar-refractivity contribution in [3.8, 4) is 22.8 Å². The van der Waals surface area contributed by atoms with E-state index in [-0.39, 0.29) is 11.7 Å². The number of rotatable bonds is 5. The molecule has 2 aromatic heterocycles. The lowest BCUT2D eigenvalue weighted by molar-refractivity contribution is -0.111. The second kappa shape index (κ2) is 9.17. The molecule has 0 bridgehead atoms. The fourth-order valence-electron chi connectivity index (χ4n) is 3.36. The third-order valence-electron chi connectivity index (χ3n) is 4.92. The van der Waals surface area contributed by atoms with Gasteiger partial charge in [-0.2, -0.15) is 0 Å². The lowest BCUT2D eigenvalue weighted by Gasteiger charge is -2.01. The standard InChI is InChI=1S/C26H15Cl2FN2O3/c27-17-11-16(12-18(28)13-17)23-9-6-21(33-23)7-10-25(32)30-20-5-8-24-22(14-20)31-26(34-24)15-1-3-19(29)4-2-15/h1-14H,(H,30,32)/b10-7+. The van der Waals surface area contributed by atoms with E-state index >= 15 is 0 Å². The summed E-state index contributed by atoms with van der Waals surface area (Å²) >= 11 is 12.1. The van der Waals surface area contributed by atoms with Crippen LogP contribution in [0.1, 0.15) is 5.76 Å². The smallest absolute Gasteiger partial charge is 0.248 e. The first-order valence-corrected chi connectivity index (χ1v) is 10.9. The second-order valence-corrected chi connectivity index (χ2v) is 8.26. The summed E-state index contributed by atoms with van der Waals surface area (Å²) < 4.78 is 24.6. The summed E-state index contributed by atoms with van der Waals surface area (Å²) in [6.45, 7) is 0. The number of fused-ring (bicyclic) bond motifs is 1. The zero-order valence-corrected chi connectivity index (χ0v) is 18.9. The number of benzene rings is 3. The summed E-state index contributed by atoms with van der Waals surface area (Å²) in [6.07, 6.45) is 2.93. The van der Waals surface area contributed by atoms with E-state index in [1.54, 1.807) is 66.7 Å². The molecule has 0 fully saturated rings. The molecule has 0 atom stereocenters. The minimum Gasteiger partial charge on any atom is -0.457 e. The number of nitrogens with one attached hydrogen (secondary N) is 1. The van der Waals surface area contributed by atoms with E-state index in [4.69, 9.17) is 32.0 Å². The second-order valence-electron chi connectivity index (χ2n) is 7.39. The van der Waals surface area contributed by atoms with Crippen molar-refractivity contribution in [2.45, 2.75) is 0 Å². The molecule has 0 aliphatic heterocycles. The van der Waals surface area contributed by atoms with E-state index < -0.39 is 0 Å². The number of furan rings is 1. The molecular weight excluding hydrogens is 478 g/mol. The van der Waals surface area contributed by atoms with Crippen molar-refractivity contribution >= 4 is 52.0 Å². The van der Waals surface area contributed by atoms with Crippen molar-refractivity contribution in [1.82, 2.24) is 4.98 Å². The van der Waals surface area contributed by atoms with Crippen molar-refractivity contribution in [2.24, 2.45) is 0 Å². The number of hydrogen-bond acceptors (Lipinski definition) is 4. The summed E-state index contributed by atoms with van der Waals surface area (Å²) in [5.74, 6) is 0.769. The monoisotopic (exact) mass is 492 g/mol. The minimum absolute atomic E-state index is 0.336. The molecular formula is C26H15Cl2FN2O3. The van der Waals surface area contributed by atoms with Crippen molar-refractivity contribution in [3.63, 3.8) is 0 Å². The van der Waals surface area contributed by atoms with Gasteiger partial charge in [0, 0.05) is 32.9 Å². The highest BCUT2D eigenvalue weighted by Crippen LogP contribution is 2.29. The Morgan fingerprint density at radius 2 is 1.65 bits per heavy atom. The Hall–Kier alpha value is -3.87. The molecule has 3 aromatic carbocycles. The third-order valence-corrected chi connectivity index (χ3v) is 5.36. The molecule has 0 saturated heterocycles. The predicted molar refractivity (Wildman–Crippen MR) is 131 cm³/mol. The highest BCUT2D eigenvalue weighted by atomic mass is 35.5. The molecule has 0 radical (unpaired) electrons. The maximum atomic E-state index is 13.1. The van der Waals surface area contributed by atoms with Crippen LogP contribution in [0.4, 0.5) is 10.1 Å². The summed E-state index contributed by atoms with van der Waals surface area (Å²) in [5, 5.41) is 3.79. The van der Waals surface area contributed by atoms with Gasteiger partial charge in [0.1, 0.15) is 22.9 Å². The van der Waals surface area contributed by atoms with E-state index in [0.29, 0.717) is 49.8 Å². The van der Waals surface area contributed by atoms with Crippen LogP contribution in [0.25, 0.3) is 40.0 Å². The molecule has 168 valence electrons. The predicted octanol–water partition coefficient (Wildman–Crippen LogP) is 7.85. The molecule has 1 N–H and O–H groups in total. The number of amides is 1. The molecule has 5 rings (SSSR count). The fourth-order valence-corrected chi connectivity index (χ4v) is 3.88.